The van der Waals surface area contributed by atoms with Crippen LogP contribution < -0.4 is 15.5 Å². The lowest BCUT2D eigenvalue weighted by Gasteiger charge is -2.33. The van der Waals surface area contributed by atoms with Crippen LogP contribution in [0.25, 0.3) is 0 Å². The van der Waals surface area contributed by atoms with Crippen molar-refractivity contribution < 1.29 is 23.9 Å². The van der Waals surface area contributed by atoms with Gasteiger partial charge in [0.1, 0.15) is 6.04 Å². The minimum absolute atomic E-state index is 0.0733. The lowest BCUT2D eigenvalue weighted by molar-refractivity contribution is -0.137. The van der Waals surface area contributed by atoms with Gasteiger partial charge in [0.05, 0.1) is 23.5 Å². The molecule has 0 saturated carbocycles. The van der Waals surface area contributed by atoms with Crippen molar-refractivity contribution in [1.82, 2.24) is 10.2 Å². The molecule has 1 aromatic rings. The number of fused-ring (bicyclic) bond motifs is 3. The molecule has 3 amide bonds. The highest BCUT2D eigenvalue weighted by molar-refractivity contribution is 6.05. The van der Waals surface area contributed by atoms with Crippen LogP contribution in [0.15, 0.2) is 18.2 Å². The molecule has 0 aromatic heterocycles. The van der Waals surface area contributed by atoms with Gasteiger partial charge >= 0.3 is 5.97 Å². The van der Waals surface area contributed by atoms with Crippen LogP contribution in [0.5, 0.6) is 0 Å². The molecule has 9 nitrogen and oxygen atoms in total. The zero-order chi connectivity index (χ0) is 22.1. The first kappa shape index (κ1) is 21.6. The van der Waals surface area contributed by atoms with Gasteiger partial charge in [0, 0.05) is 19.1 Å². The van der Waals surface area contributed by atoms with Crippen LogP contribution in [0.2, 0.25) is 0 Å². The van der Waals surface area contributed by atoms with Crippen molar-refractivity contribution >= 4 is 35.1 Å². The Kier molecular flexibility index (Phi) is 6.00. The maximum absolute atomic E-state index is 12.4. The third kappa shape index (κ3) is 4.90. The second-order valence-electron chi connectivity index (χ2n) is 8.70. The van der Waals surface area contributed by atoms with E-state index in [1.807, 2.05) is 25.7 Å². The summed E-state index contributed by atoms with van der Waals surface area (Å²) in [5, 5.41) is 5.61. The van der Waals surface area contributed by atoms with E-state index in [0.29, 0.717) is 5.69 Å². The summed E-state index contributed by atoms with van der Waals surface area (Å²) in [6, 6.07) is 4.82. The number of carbonyl (C=O) groups excluding carboxylic acids is 4. The van der Waals surface area contributed by atoms with E-state index >= 15 is 0 Å². The number of rotatable bonds is 5. The van der Waals surface area contributed by atoms with E-state index in [2.05, 4.69) is 10.6 Å². The zero-order valence-corrected chi connectivity index (χ0v) is 17.8. The second kappa shape index (κ2) is 8.33. The maximum atomic E-state index is 12.4. The number of nitrogens with one attached hydrogen (secondary N) is 2. The lowest BCUT2D eigenvalue weighted by Crippen LogP contribution is -2.46. The van der Waals surface area contributed by atoms with Gasteiger partial charge in [-0.3, -0.25) is 14.4 Å². The van der Waals surface area contributed by atoms with E-state index < -0.39 is 24.0 Å². The number of esters is 1. The number of amides is 3. The molecule has 0 unspecified atom stereocenters. The average molecular weight is 416 g/mol. The highest BCUT2D eigenvalue weighted by Gasteiger charge is 2.36. The Morgan fingerprint density at radius 3 is 2.73 bits per heavy atom. The number of hydrogen-bond donors (Lipinski definition) is 2. The summed E-state index contributed by atoms with van der Waals surface area (Å²) in [6.07, 6.45) is 1.77. The standard InChI is InChI=1S/C21H28N4O5/c1-21(2,3)23-17(26)11-24(4)18(27)12-30-20(29)13-7-8-15-14(10-13)22-19(28)16-6-5-9-25(15)16/h7-8,10,16H,5-6,9,11-12H2,1-4H3,(H,22,28)(H,23,26)/t16-/m0/s1. The van der Waals surface area contributed by atoms with Gasteiger partial charge in [-0.1, -0.05) is 0 Å². The maximum Gasteiger partial charge on any atom is 0.338 e. The van der Waals surface area contributed by atoms with Crippen molar-refractivity contribution in [3.05, 3.63) is 23.8 Å². The SMILES string of the molecule is CN(CC(=O)NC(C)(C)C)C(=O)COC(=O)c1ccc2c(c1)NC(=O)[C@@H]1CCCN21. The molecule has 3 rings (SSSR count). The van der Waals surface area contributed by atoms with Crippen LogP contribution in [-0.4, -0.2) is 66.9 Å². The molecule has 162 valence electrons. The molecule has 2 aliphatic rings. The zero-order valence-electron chi connectivity index (χ0n) is 17.8. The molecular weight excluding hydrogens is 388 g/mol. The van der Waals surface area contributed by atoms with Crippen LogP contribution in [0, 0.1) is 0 Å². The smallest absolute Gasteiger partial charge is 0.338 e. The van der Waals surface area contributed by atoms with Crippen molar-refractivity contribution in [3.63, 3.8) is 0 Å². The molecule has 0 spiro atoms. The van der Waals surface area contributed by atoms with Crippen LogP contribution >= 0.6 is 0 Å². The van der Waals surface area contributed by atoms with Gasteiger partial charge in [-0.15, -0.1) is 0 Å². The minimum atomic E-state index is -0.670. The average Bonchev–Trinajstić information content (AvgIpc) is 3.14. The van der Waals surface area contributed by atoms with Gasteiger partial charge in [-0.05, 0) is 51.8 Å². The Morgan fingerprint density at radius 1 is 1.30 bits per heavy atom. The molecular formula is C21H28N4O5. The third-order valence-electron chi connectivity index (χ3n) is 5.00. The Labute approximate surface area is 175 Å². The number of likely N-dealkylation sites (N-methyl/N-ethyl adjacent to an activating group) is 1. The largest absolute Gasteiger partial charge is 0.452 e. The number of nitrogens with zero attached hydrogens (tertiary/aromatic N) is 2. The monoisotopic (exact) mass is 416 g/mol. The van der Waals surface area contributed by atoms with E-state index in [1.54, 1.807) is 18.2 Å². The number of carbonyl (C=O) groups is 4. The van der Waals surface area contributed by atoms with Crippen molar-refractivity contribution in [1.29, 1.82) is 0 Å². The summed E-state index contributed by atoms with van der Waals surface area (Å²) < 4.78 is 5.11. The molecule has 1 saturated heterocycles. The molecule has 2 heterocycles. The van der Waals surface area contributed by atoms with Crippen LogP contribution in [0.1, 0.15) is 44.0 Å². The Morgan fingerprint density at radius 2 is 2.03 bits per heavy atom. The first-order chi connectivity index (χ1) is 14.0. The second-order valence-corrected chi connectivity index (χ2v) is 8.70. The molecule has 0 bridgehead atoms. The lowest BCUT2D eigenvalue weighted by atomic mass is 10.1. The quantitative estimate of drug-likeness (QED) is 0.697. The van der Waals surface area contributed by atoms with E-state index in [0.717, 1.165) is 25.1 Å². The number of ether oxygens (including phenoxy) is 1. The molecule has 2 N–H and O–H groups in total. The Bertz CT molecular complexity index is 877. The summed E-state index contributed by atoms with van der Waals surface area (Å²) in [5.41, 5.74) is 1.29. The summed E-state index contributed by atoms with van der Waals surface area (Å²) in [6.45, 7) is 5.74. The first-order valence-corrected chi connectivity index (χ1v) is 9.99. The van der Waals surface area contributed by atoms with Crippen LogP contribution in [-0.2, 0) is 19.1 Å². The van der Waals surface area contributed by atoms with Crippen molar-refractivity contribution in [3.8, 4) is 0 Å². The van der Waals surface area contributed by atoms with Gasteiger partial charge in [0.2, 0.25) is 11.8 Å². The van der Waals surface area contributed by atoms with Gasteiger partial charge in [0.15, 0.2) is 6.61 Å². The fourth-order valence-corrected chi connectivity index (χ4v) is 3.64. The number of benzene rings is 1. The van der Waals surface area contributed by atoms with Crippen LogP contribution in [0.4, 0.5) is 11.4 Å². The Hall–Kier alpha value is -3.10. The summed E-state index contributed by atoms with van der Waals surface area (Å²) >= 11 is 0. The molecule has 0 aliphatic carbocycles. The van der Waals surface area contributed by atoms with Gasteiger partial charge in [-0.2, -0.15) is 0 Å². The fourth-order valence-electron chi connectivity index (χ4n) is 3.64. The predicted octanol–water partition coefficient (Wildman–Crippen LogP) is 1.14. The molecule has 2 aliphatic heterocycles. The summed E-state index contributed by atoms with van der Waals surface area (Å²) in [7, 11) is 1.47. The fraction of sp³-hybridized carbons (Fsp3) is 0.524. The highest BCUT2D eigenvalue weighted by atomic mass is 16.5. The van der Waals surface area contributed by atoms with E-state index in [1.165, 1.54) is 11.9 Å². The minimum Gasteiger partial charge on any atom is -0.452 e. The first-order valence-electron chi connectivity index (χ1n) is 9.99. The summed E-state index contributed by atoms with van der Waals surface area (Å²) in [4.78, 5) is 52.0. The van der Waals surface area contributed by atoms with E-state index in [9.17, 15) is 19.2 Å². The van der Waals surface area contributed by atoms with Crippen LogP contribution in [0.3, 0.4) is 0 Å². The van der Waals surface area contributed by atoms with Crippen molar-refractivity contribution in [2.24, 2.45) is 0 Å². The predicted molar refractivity (Wildman–Crippen MR) is 111 cm³/mol. The van der Waals surface area contributed by atoms with E-state index in [-0.39, 0.29) is 30.0 Å². The molecule has 1 fully saturated rings. The molecule has 0 radical (unpaired) electrons. The van der Waals surface area contributed by atoms with E-state index in [4.69, 9.17) is 4.74 Å². The molecule has 30 heavy (non-hydrogen) atoms. The van der Waals surface area contributed by atoms with Crippen molar-refractivity contribution in [2.75, 3.05) is 37.0 Å². The molecule has 9 heteroatoms. The molecule has 1 atom stereocenters. The number of anilines is 2. The molecule has 1 aromatic carbocycles. The number of hydrogen-bond acceptors (Lipinski definition) is 6. The normalized spacial score (nSPS) is 17.5. The topological polar surface area (TPSA) is 108 Å². The van der Waals surface area contributed by atoms with Gasteiger partial charge in [-0.25, -0.2) is 4.79 Å². The summed E-state index contributed by atoms with van der Waals surface area (Å²) in [5.74, 6) is -1.53. The Balaban J connectivity index is 1.56. The van der Waals surface area contributed by atoms with Crippen molar-refractivity contribution in [2.45, 2.75) is 45.2 Å². The third-order valence-corrected chi connectivity index (χ3v) is 5.00. The highest BCUT2D eigenvalue weighted by Crippen LogP contribution is 2.37. The van der Waals surface area contributed by atoms with Gasteiger partial charge in [0.25, 0.3) is 5.91 Å². The van der Waals surface area contributed by atoms with Gasteiger partial charge < -0.3 is 25.2 Å².